The molecule has 2 heterocycles. The fourth-order valence-corrected chi connectivity index (χ4v) is 6.45. The van der Waals surface area contributed by atoms with E-state index in [2.05, 4.69) is 31.5 Å². The molecule has 214 valence electrons. The Balaban J connectivity index is 1.37. The first-order valence-corrected chi connectivity index (χ1v) is 15.9. The number of sulfone groups is 1. The molecule has 12 heteroatoms. The van der Waals surface area contributed by atoms with Gasteiger partial charge in [-0.25, -0.2) is 27.8 Å². The zero-order chi connectivity index (χ0) is 29.7. The minimum Gasteiger partial charge on any atom is -0.487 e. The van der Waals surface area contributed by atoms with Crippen LogP contribution >= 0.6 is 22.9 Å². The van der Waals surface area contributed by atoms with Gasteiger partial charge in [0.2, 0.25) is 0 Å². The number of hydrogen-bond donors (Lipinski definition) is 2. The molecule has 0 fully saturated rings. The quantitative estimate of drug-likeness (QED) is 0.169. The van der Waals surface area contributed by atoms with Crippen LogP contribution in [0.3, 0.4) is 0 Å². The van der Waals surface area contributed by atoms with E-state index in [1.54, 1.807) is 30.5 Å². The number of ether oxygens (including phenoxy) is 1. The van der Waals surface area contributed by atoms with E-state index in [0.717, 1.165) is 21.3 Å². The van der Waals surface area contributed by atoms with Crippen LogP contribution in [0.15, 0.2) is 73.2 Å². The SMILES string of the molecule is C#CCN[C@H](CS(C)(=O)=O)c1cnc(-c2ccc3ncnc(Nc4ccc(OCc5cccc(F)c5)c(Cl)c4)c3c2)s1. The molecule has 1 atom stereocenters. The van der Waals surface area contributed by atoms with Crippen LogP contribution in [0.1, 0.15) is 16.5 Å². The number of thiazole rings is 1. The highest BCUT2D eigenvalue weighted by molar-refractivity contribution is 7.90. The minimum absolute atomic E-state index is 0.0901. The first-order chi connectivity index (χ1) is 20.2. The molecule has 0 spiro atoms. The maximum atomic E-state index is 13.5. The average Bonchev–Trinajstić information content (AvgIpc) is 3.45. The van der Waals surface area contributed by atoms with E-state index in [1.165, 1.54) is 36.1 Å². The van der Waals surface area contributed by atoms with Crippen LogP contribution in [0.5, 0.6) is 5.75 Å². The highest BCUT2D eigenvalue weighted by Crippen LogP contribution is 2.34. The van der Waals surface area contributed by atoms with Gasteiger partial charge in [-0.3, -0.25) is 5.32 Å². The molecule has 42 heavy (non-hydrogen) atoms. The standard InChI is InChI=1S/C30H25ClFN5O3S2/c1-3-11-33-26(17-42(2,38)39)28-15-34-30(41-28)20-7-9-25-23(13-20)29(36-18-35-25)37-22-8-10-27(24(31)14-22)40-16-19-5-4-6-21(32)12-19/h1,4-10,12-15,18,26,33H,11,16-17H2,2H3,(H,35,36,37)/t26-/m1/s1. The Kier molecular flexibility index (Phi) is 8.99. The van der Waals surface area contributed by atoms with Crippen molar-refractivity contribution in [2.24, 2.45) is 0 Å². The van der Waals surface area contributed by atoms with Crippen LogP contribution < -0.4 is 15.4 Å². The summed E-state index contributed by atoms with van der Waals surface area (Å²) >= 11 is 7.87. The third-order valence-electron chi connectivity index (χ3n) is 6.15. The van der Waals surface area contributed by atoms with Crippen molar-refractivity contribution in [3.05, 3.63) is 94.5 Å². The van der Waals surface area contributed by atoms with Crippen molar-refractivity contribution in [3.8, 4) is 28.7 Å². The van der Waals surface area contributed by atoms with Crippen LogP contribution in [0.25, 0.3) is 21.5 Å². The molecular formula is C30H25ClFN5O3S2. The summed E-state index contributed by atoms with van der Waals surface area (Å²) < 4.78 is 43.2. The lowest BCUT2D eigenvalue weighted by molar-refractivity contribution is 0.306. The van der Waals surface area contributed by atoms with E-state index in [4.69, 9.17) is 22.8 Å². The lowest BCUT2D eigenvalue weighted by Gasteiger charge is -2.14. The first kappa shape index (κ1) is 29.4. The number of benzene rings is 3. The molecule has 3 aromatic carbocycles. The van der Waals surface area contributed by atoms with Crippen molar-refractivity contribution < 1.29 is 17.5 Å². The van der Waals surface area contributed by atoms with Crippen molar-refractivity contribution in [2.45, 2.75) is 12.6 Å². The van der Waals surface area contributed by atoms with Gasteiger partial charge in [0.25, 0.3) is 0 Å². The molecule has 0 aliphatic heterocycles. The molecule has 0 radical (unpaired) electrons. The third kappa shape index (κ3) is 7.40. The smallest absolute Gasteiger partial charge is 0.149 e. The number of fused-ring (bicyclic) bond motifs is 1. The topological polar surface area (TPSA) is 106 Å². The molecule has 0 saturated carbocycles. The van der Waals surface area contributed by atoms with Crippen LogP contribution in [-0.2, 0) is 16.4 Å². The van der Waals surface area contributed by atoms with Crippen molar-refractivity contribution >= 4 is 55.2 Å². The Morgan fingerprint density at radius 3 is 2.74 bits per heavy atom. The molecular weight excluding hydrogens is 597 g/mol. The van der Waals surface area contributed by atoms with E-state index in [1.807, 2.05) is 24.3 Å². The number of rotatable bonds is 11. The van der Waals surface area contributed by atoms with Crippen molar-refractivity contribution in [1.29, 1.82) is 0 Å². The summed E-state index contributed by atoms with van der Waals surface area (Å²) in [5, 5.41) is 8.24. The molecule has 5 aromatic rings. The predicted molar refractivity (Wildman–Crippen MR) is 165 cm³/mol. The number of halogens is 2. The van der Waals surface area contributed by atoms with Gasteiger partial charge in [-0.15, -0.1) is 17.8 Å². The maximum Gasteiger partial charge on any atom is 0.149 e. The number of anilines is 2. The minimum atomic E-state index is -3.25. The Hall–Kier alpha value is -4.08. The van der Waals surface area contributed by atoms with Crippen LogP contribution in [-0.4, -0.2) is 41.9 Å². The van der Waals surface area contributed by atoms with Gasteiger partial charge in [0.1, 0.15) is 45.2 Å². The maximum absolute atomic E-state index is 13.5. The number of nitrogens with one attached hydrogen (secondary N) is 2. The summed E-state index contributed by atoms with van der Waals surface area (Å²) in [6.07, 6.45) is 9.71. The zero-order valence-corrected chi connectivity index (χ0v) is 24.7. The molecule has 0 aliphatic carbocycles. The number of hydrogen-bond acceptors (Lipinski definition) is 9. The monoisotopic (exact) mass is 621 g/mol. The van der Waals surface area contributed by atoms with Crippen molar-refractivity contribution in [3.63, 3.8) is 0 Å². The second kappa shape index (κ2) is 12.8. The van der Waals surface area contributed by atoms with Crippen LogP contribution in [0.2, 0.25) is 5.02 Å². The van der Waals surface area contributed by atoms with Gasteiger partial charge in [0.05, 0.1) is 28.9 Å². The largest absolute Gasteiger partial charge is 0.487 e. The third-order valence-corrected chi connectivity index (χ3v) is 8.54. The van der Waals surface area contributed by atoms with Gasteiger partial charge >= 0.3 is 0 Å². The number of terminal acetylenes is 1. The lowest BCUT2D eigenvalue weighted by atomic mass is 10.1. The first-order valence-electron chi connectivity index (χ1n) is 12.7. The molecule has 8 nitrogen and oxygen atoms in total. The molecule has 5 rings (SSSR count). The lowest BCUT2D eigenvalue weighted by Crippen LogP contribution is -2.27. The van der Waals surface area contributed by atoms with Gasteiger partial charge in [0.15, 0.2) is 0 Å². The molecule has 0 saturated heterocycles. The van der Waals surface area contributed by atoms with E-state index < -0.39 is 15.9 Å². The predicted octanol–water partition coefficient (Wildman–Crippen LogP) is 6.18. The van der Waals surface area contributed by atoms with Gasteiger partial charge in [-0.2, -0.15) is 0 Å². The molecule has 0 amide bonds. The molecule has 0 bridgehead atoms. The van der Waals surface area contributed by atoms with Crippen molar-refractivity contribution in [2.75, 3.05) is 23.9 Å². The number of aromatic nitrogens is 3. The summed E-state index contributed by atoms with van der Waals surface area (Å²) in [4.78, 5) is 14.1. The number of nitrogens with zero attached hydrogens (tertiary/aromatic N) is 3. The van der Waals surface area contributed by atoms with Gasteiger partial charge in [-0.05, 0) is 54.1 Å². The molecule has 0 unspecified atom stereocenters. The molecule has 0 aliphatic rings. The molecule has 2 aromatic heterocycles. The van der Waals surface area contributed by atoms with E-state index in [9.17, 15) is 12.8 Å². The average molecular weight is 622 g/mol. The summed E-state index contributed by atoms with van der Waals surface area (Å²) in [6.45, 7) is 0.414. The van der Waals surface area contributed by atoms with Gasteiger partial charge < -0.3 is 10.1 Å². The summed E-state index contributed by atoms with van der Waals surface area (Å²) in [6, 6.07) is 16.7. The summed E-state index contributed by atoms with van der Waals surface area (Å²) in [5.41, 5.74) is 2.92. The molecule has 2 N–H and O–H groups in total. The van der Waals surface area contributed by atoms with Crippen LogP contribution in [0.4, 0.5) is 15.9 Å². The fourth-order valence-electron chi connectivity index (χ4n) is 4.22. The van der Waals surface area contributed by atoms with E-state index >= 15 is 0 Å². The van der Waals surface area contributed by atoms with Gasteiger partial charge in [-0.1, -0.05) is 29.7 Å². The highest BCUT2D eigenvalue weighted by atomic mass is 35.5. The summed E-state index contributed by atoms with van der Waals surface area (Å²) in [5.74, 6) is 3.10. The Morgan fingerprint density at radius 2 is 1.98 bits per heavy atom. The highest BCUT2D eigenvalue weighted by Gasteiger charge is 2.20. The van der Waals surface area contributed by atoms with Crippen molar-refractivity contribution in [1.82, 2.24) is 20.3 Å². The fraction of sp³-hybridized carbons (Fsp3) is 0.167. The van der Waals surface area contributed by atoms with E-state index in [0.29, 0.717) is 32.8 Å². The van der Waals surface area contributed by atoms with Gasteiger partial charge in [0, 0.05) is 34.0 Å². The Bertz CT molecular complexity index is 1890. The summed E-state index contributed by atoms with van der Waals surface area (Å²) in [7, 11) is -3.25. The van der Waals surface area contributed by atoms with E-state index in [-0.39, 0.29) is 24.7 Å². The second-order valence-corrected chi connectivity index (χ2v) is 13.1. The van der Waals surface area contributed by atoms with Crippen LogP contribution in [0, 0.1) is 18.2 Å². The second-order valence-electron chi connectivity index (χ2n) is 9.44. The Labute approximate surface area is 251 Å². The normalized spacial score (nSPS) is 12.1. The zero-order valence-electron chi connectivity index (χ0n) is 22.3. The Morgan fingerprint density at radius 1 is 1.12 bits per heavy atom.